The number of rotatable bonds is 6. The molecule has 1 saturated carbocycles. The van der Waals surface area contributed by atoms with Crippen molar-refractivity contribution < 1.29 is 14.3 Å². The van der Waals surface area contributed by atoms with E-state index >= 15 is 0 Å². The molecule has 2 aromatic carbocycles. The molecule has 8 heteroatoms. The average molecular weight is 494 g/mol. The van der Waals surface area contributed by atoms with E-state index in [1.54, 1.807) is 11.2 Å². The zero-order chi connectivity index (χ0) is 25.7. The van der Waals surface area contributed by atoms with Gasteiger partial charge in [0.05, 0.1) is 19.1 Å². The zero-order valence-electron chi connectivity index (χ0n) is 21.0. The highest BCUT2D eigenvalue weighted by atomic mass is 16.5. The van der Waals surface area contributed by atoms with Gasteiger partial charge < -0.3 is 9.30 Å². The Kier molecular flexibility index (Phi) is 5.40. The Balaban J connectivity index is 1.30. The number of nitrogens with zero attached hydrogens (tertiary/aromatic N) is 5. The monoisotopic (exact) mass is 493 g/mol. The van der Waals surface area contributed by atoms with Crippen LogP contribution in [0.2, 0.25) is 0 Å². The minimum absolute atomic E-state index is 0.0868. The number of hydrogen-bond acceptors (Lipinski definition) is 6. The van der Waals surface area contributed by atoms with Crippen LogP contribution >= 0.6 is 0 Å². The third-order valence-corrected chi connectivity index (χ3v) is 7.28. The summed E-state index contributed by atoms with van der Waals surface area (Å²) in [5, 5.41) is 8.35. The number of esters is 1. The first kappa shape index (κ1) is 23.1. The normalized spacial score (nSPS) is 15.1. The minimum Gasteiger partial charge on any atom is -0.468 e. The maximum absolute atomic E-state index is 13.5. The van der Waals surface area contributed by atoms with Gasteiger partial charge in [0.25, 0.3) is 5.91 Å². The summed E-state index contributed by atoms with van der Waals surface area (Å²) in [4.78, 5) is 32.3. The number of benzene rings is 2. The van der Waals surface area contributed by atoms with Gasteiger partial charge in [-0.1, -0.05) is 42.5 Å². The Hall–Kier alpha value is -4.33. The number of pyridine rings is 1. The predicted molar refractivity (Wildman–Crippen MR) is 139 cm³/mol. The summed E-state index contributed by atoms with van der Waals surface area (Å²) in [6.07, 6.45) is 3.99. The Labute approximate surface area is 214 Å². The van der Waals surface area contributed by atoms with E-state index in [0.717, 1.165) is 40.9 Å². The van der Waals surface area contributed by atoms with Gasteiger partial charge in [-0.05, 0) is 67.1 Å². The summed E-state index contributed by atoms with van der Waals surface area (Å²) in [5.41, 5.74) is 4.23. The second-order valence-electron chi connectivity index (χ2n) is 10.1. The molecule has 3 heterocycles. The van der Waals surface area contributed by atoms with Gasteiger partial charge in [-0.3, -0.25) is 14.5 Å². The first-order chi connectivity index (χ1) is 17.9. The molecule has 0 bridgehead atoms. The summed E-state index contributed by atoms with van der Waals surface area (Å²) in [6, 6.07) is 19.8. The largest absolute Gasteiger partial charge is 0.468 e. The quantitative estimate of drug-likeness (QED) is 0.353. The molecule has 0 spiro atoms. The molecule has 0 atom stereocenters. The van der Waals surface area contributed by atoms with Crippen LogP contribution in [0.1, 0.15) is 54.2 Å². The van der Waals surface area contributed by atoms with E-state index in [-0.39, 0.29) is 11.9 Å². The van der Waals surface area contributed by atoms with Gasteiger partial charge in [0.15, 0.2) is 5.82 Å². The topological polar surface area (TPSA) is 90.2 Å². The number of ether oxygens (including phenoxy) is 1. The number of methoxy groups -OCH3 is 1. The van der Waals surface area contributed by atoms with Gasteiger partial charge in [-0.15, -0.1) is 10.2 Å². The van der Waals surface area contributed by atoms with Crippen LogP contribution in [0, 0.1) is 0 Å². The zero-order valence-corrected chi connectivity index (χ0v) is 21.0. The smallest absolute Gasteiger partial charge is 0.315 e. The van der Waals surface area contributed by atoms with Crippen LogP contribution in [-0.2, 0) is 21.5 Å². The van der Waals surface area contributed by atoms with E-state index in [1.807, 2.05) is 74.5 Å². The van der Waals surface area contributed by atoms with Gasteiger partial charge in [-0.2, -0.15) is 0 Å². The number of fused-ring (bicyclic) bond motifs is 1. The molecule has 186 valence electrons. The van der Waals surface area contributed by atoms with E-state index in [2.05, 4.69) is 14.8 Å². The fourth-order valence-corrected chi connectivity index (χ4v) is 4.87. The maximum Gasteiger partial charge on any atom is 0.315 e. The van der Waals surface area contributed by atoms with Crippen molar-refractivity contribution in [3.05, 3.63) is 83.7 Å². The highest BCUT2D eigenvalue weighted by Gasteiger charge is 2.33. The average Bonchev–Trinajstić information content (AvgIpc) is 3.56. The summed E-state index contributed by atoms with van der Waals surface area (Å²) >= 11 is 0. The molecule has 0 unspecified atom stereocenters. The number of carbonyl (C=O) groups excluding carboxylic acids is 2. The second-order valence-corrected chi connectivity index (χ2v) is 10.1. The minimum atomic E-state index is -0.783. The molecule has 1 fully saturated rings. The molecule has 37 heavy (non-hydrogen) atoms. The lowest BCUT2D eigenvalue weighted by Gasteiger charge is -2.22. The molecule has 1 aliphatic heterocycles. The number of hydrogen-bond donors (Lipinski definition) is 0. The summed E-state index contributed by atoms with van der Waals surface area (Å²) in [6.45, 7) is 4.14. The molecule has 1 amide bonds. The number of carbonyl (C=O) groups is 2. The Morgan fingerprint density at radius 3 is 2.59 bits per heavy atom. The van der Waals surface area contributed by atoms with Crippen molar-refractivity contribution in [3.8, 4) is 22.6 Å². The molecule has 8 nitrogen and oxygen atoms in total. The van der Waals surface area contributed by atoms with Crippen molar-refractivity contribution in [1.29, 1.82) is 0 Å². The lowest BCUT2D eigenvalue weighted by molar-refractivity contribution is -0.146. The SMILES string of the molecule is COC(=O)C(C)(C)c1cccc(-c2ccc3c(c2)C(=O)N(c2cccc(-c4nncn4C4CC4)n2)C3)c1. The van der Waals surface area contributed by atoms with Crippen LogP contribution < -0.4 is 4.90 Å². The first-order valence-corrected chi connectivity index (χ1v) is 12.4. The number of anilines is 1. The Morgan fingerprint density at radius 1 is 1.03 bits per heavy atom. The van der Waals surface area contributed by atoms with E-state index in [0.29, 0.717) is 29.7 Å². The predicted octanol–water partition coefficient (Wildman–Crippen LogP) is 4.95. The van der Waals surface area contributed by atoms with Crippen LogP contribution in [0.3, 0.4) is 0 Å². The van der Waals surface area contributed by atoms with Crippen molar-refractivity contribution in [1.82, 2.24) is 19.7 Å². The molecule has 0 N–H and O–H groups in total. The molecule has 4 aromatic rings. The van der Waals surface area contributed by atoms with Gasteiger partial charge in [0.1, 0.15) is 17.8 Å². The lowest BCUT2D eigenvalue weighted by Crippen LogP contribution is -2.30. The fraction of sp³-hybridized carbons (Fsp3) is 0.276. The van der Waals surface area contributed by atoms with Crippen LogP contribution in [0.15, 0.2) is 67.0 Å². The second kappa shape index (κ2) is 8.65. The van der Waals surface area contributed by atoms with E-state index < -0.39 is 5.41 Å². The molecule has 0 saturated heterocycles. The van der Waals surface area contributed by atoms with Crippen molar-refractivity contribution in [2.24, 2.45) is 0 Å². The maximum atomic E-state index is 13.5. The molecule has 2 aromatic heterocycles. The summed E-state index contributed by atoms with van der Waals surface area (Å²) < 4.78 is 7.06. The van der Waals surface area contributed by atoms with Gasteiger partial charge in [0, 0.05) is 11.6 Å². The Morgan fingerprint density at radius 2 is 1.81 bits per heavy atom. The van der Waals surface area contributed by atoms with Crippen molar-refractivity contribution in [3.63, 3.8) is 0 Å². The van der Waals surface area contributed by atoms with Crippen LogP contribution in [0.4, 0.5) is 5.82 Å². The highest BCUT2D eigenvalue weighted by Crippen LogP contribution is 2.38. The van der Waals surface area contributed by atoms with Gasteiger partial charge in [0.2, 0.25) is 0 Å². The van der Waals surface area contributed by atoms with Crippen LogP contribution in [-0.4, -0.2) is 38.7 Å². The Bertz CT molecular complexity index is 1540. The molecule has 1 aliphatic carbocycles. The number of aromatic nitrogens is 4. The third kappa shape index (κ3) is 3.98. The standard InChI is InChI=1S/C29H27N5O3/c1-29(2,28(36)37-3)21-7-4-6-18(14-21)19-10-11-20-16-33(27(35)23(20)15-19)25-9-5-8-24(31-25)26-32-30-17-34(26)22-12-13-22/h4-11,14-15,17,22H,12-13,16H2,1-3H3. The lowest BCUT2D eigenvalue weighted by atomic mass is 9.83. The first-order valence-electron chi connectivity index (χ1n) is 12.4. The van der Waals surface area contributed by atoms with Crippen molar-refractivity contribution >= 4 is 17.7 Å². The van der Waals surface area contributed by atoms with E-state index in [9.17, 15) is 9.59 Å². The van der Waals surface area contributed by atoms with Gasteiger partial charge in [-0.25, -0.2) is 4.98 Å². The summed E-state index contributed by atoms with van der Waals surface area (Å²) in [7, 11) is 1.40. The van der Waals surface area contributed by atoms with Crippen LogP contribution in [0.5, 0.6) is 0 Å². The van der Waals surface area contributed by atoms with Crippen molar-refractivity contribution in [2.45, 2.75) is 44.7 Å². The van der Waals surface area contributed by atoms with Gasteiger partial charge >= 0.3 is 5.97 Å². The molecule has 0 radical (unpaired) electrons. The highest BCUT2D eigenvalue weighted by molar-refractivity contribution is 6.10. The molecule has 2 aliphatic rings. The van der Waals surface area contributed by atoms with E-state index in [1.165, 1.54) is 7.11 Å². The third-order valence-electron chi connectivity index (χ3n) is 7.28. The fourth-order valence-electron chi connectivity index (χ4n) is 4.87. The van der Waals surface area contributed by atoms with E-state index in [4.69, 9.17) is 9.72 Å². The molecular formula is C29H27N5O3. The number of amides is 1. The molecule has 6 rings (SSSR count). The van der Waals surface area contributed by atoms with Crippen molar-refractivity contribution in [2.75, 3.05) is 12.0 Å². The summed E-state index contributed by atoms with van der Waals surface area (Å²) in [5.74, 6) is 0.934. The van der Waals surface area contributed by atoms with Crippen LogP contribution in [0.25, 0.3) is 22.6 Å². The molecular weight excluding hydrogens is 466 g/mol.